The molecule has 242 valence electrons. The summed E-state index contributed by atoms with van der Waals surface area (Å²) in [6.45, 7) is 0. The van der Waals surface area contributed by atoms with E-state index >= 15 is 0 Å². The highest BCUT2D eigenvalue weighted by Crippen LogP contribution is 2.58. The largest absolute Gasteiger partial charge is 0.309 e. The molecule has 0 radical (unpaired) electrons. The maximum atomic E-state index is 2.54. The first kappa shape index (κ1) is 28.1. The molecule has 0 N–H and O–H groups in total. The third kappa shape index (κ3) is 3.63. The summed E-state index contributed by atoms with van der Waals surface area (Å²) in [5, 5.41) is 5.22. The Morgan fingerprint density at radius 3 is 1.52 bits per heavy atom. The van der Waals surface area contributed by atoms with Gasteiger partial charge in [-0.25, -0.2) is 0 Å². The fourth-order valence-corrected chi connectivity index (χ4v) is 9.88. The SMILES string of the molecule is c1ccc(-c2ccc(-n3c4ccccc4c4c(-n5c6ccccc6c6c7c(ccc65)C5c6ccccc6C7c6ccccc65)cccc43)cc2)cc1. The Morgan fingerprint density at radius 1 is 0.308 bits per heavy atom. The second-order valence-corrected chi connectivity index (χ2v) is 14.4. The van der Waals surface area contributed by atoms with Gasteiger partial charge in [-0.05, 0) is 87.0 Å². The number of hydrogen-bond donors (Lipinski definition) is 0. The van der Waals surface area contributed by atoms with E-state index in [1.165, 1.54) is 93.8 Å². The van der Waals surface area contributed by atoms with E-state index in [9.17, 15) is 0 Å². The van der Waals surface area contributed by atoms with Crippen molar-refractivity contribution in [2.24, 2.45) is 0 Å². The Morgan fingerprint density at radius 2 is 0.827 bits per heavy atom. The minimum Gasteiger partial charge on any atom is -0.309 e. The number of para-hydroxylation sites is 2. The van der Waals surface area contributed by atoms with Crippen molar-refractivity contribution in [1.29, 1.82) is 0 Å². The van der Waals surface area contributed by atoms with E-state index in [4.69, 9.17) is 0 Å². The molecule has 2 nitrogen and oxygen atoms in total. The molecule has 13 rings (SSSR count). The van der Waals surface area contributed by atoms with Crippen molar-refractivity contribution in [2.75, 3.05) is 0 Å². The van der Waals surface area contributed by atoms with E-state index in [1.54, 1.807) is 0 Å². The molecule has 10 aromatic rings. The van der Waals surface area contributed by atoms with Gasteiger partial charge in [0.2, 0.25) is 0 Å². The first-order chi connectivity index (χ1) is 25.8. The van der Waals surface area contributed by atoms with E-state index in [-0.39, 0.29) is 11.8 Å². The van der Waals surface area contributed by atoms with Crippen LogP contribution in [0.5, 0.6) is 0 Å². The lowest BCUT2D eigenvalue weighted by Gasteiger charge is -2.42. The number of aromatic nitrogens is 2. The summed E-state index contributed by atoms with van der Waals surface area (Å²) in [6.07, 6.45) is 0. The molecule has 2 heterocycles. The Labute approximate surface area is 301 Å². The van der Waals surface area contributed by atoms with Crippen molar-refractivity contribution in [1.82, 2.24) is 9.13 Å². The van der Waals surface area contributed by atoms with Crippen LogP contribution in [0.25, 0.3) is 66.1 Å². The number of rotatable bonds is 3. The average Bonchev–Trinajstić information content (AvgIpc) is 3.74. The van der Waals surface area contributed by atoms with Crippen molar-refractivity contribution >= 4 is 43.6 Å². The van der Waals surface area contributed by atoms with E-state index in [0.717, 1.165) is 5.69 Å². The van der Waals surface area contributed by atoms with E-state index in [1.807, 2.05) is 0 Å². The molecule has 0 amide bonds. The van der Waals surface area contributed by atoms with Gasteiger partial charge < -0.3 is 9.13 Å². The zero-order valence-electron chi connectivity index (χ0n) is 28.4. The molecule has 3 aliphatic carbocycles. The van der Waals surface area contributed by atoms with Crippen LogP contribution in [0, 0.1) is 0 Å². The van der Waals surface area contributed by atoms with Crippen molar-refractivity contribution in [2.45, 2.75) is 11.8 Å². The van der Waals surface area contributed by atoms with Crippen LogP contribution in [-0.4, -0.2) is 9.13 Å². The first-order valence-electron chi connectivity index (χ1n) is 18.3. The number of fused-ring (bicyclic) bond motifs is 6. The number of benzene rings is 8. The summed E-state index contributed by atoms with van der Waals surface area (Å²) in [7, 11) is 0. The van der Waals surface area contributed by atoms with Crippen molar-refractivity contribution in [3.05, 3.63) is 215 Å². The third-order valence-electron chi connectivity index (χ3n) is 11.9. The molecule has 0 spiro atoms. The van der Waals surface area contributed by atoms with Crippen LogP contribution >= 0.6 is 0 Å². The highest BCUT2D eigenvalue weighted by atomic mass is 15.0. The number of nitrogens with zero attached hydrogens (tertiary/aromatic N) is 2. The monoisotopic (exact) mass is 660 g/mol. The standard InChI is InChI=1S/C50H32N2/c1-2-13-31(14-3-1)32-25-27-33(28-26-32)51-41-21-10-8-19-38(41)48-43(51)23-12-24-44(48)52-42-22-11-9-20-39(42)49-45(52)30-29-40-46-34-15-4-6-17-36(34)47(50(40)49)37-18-7-5-16-35(37)46/h1-30,46-47H. The van der Waals surface area contributed by atoms with Crippen LogP contribution in [0.15, 0.2) is 182 Å². The smallest absolute Gasteiger partial charge is 0.0562 e. The Balaban J connectivity index is 1.14. The van der Waals surface area contributed by atoms with Gasteiger partial charge in [-0.2, -0.15) is 0 Å². The molecule has 2 aromatic heterocycles. The van der Waals surface area contributed by atoms with Gasteiger partial charge in [-0.15, -0.1) is 0 Å². The van der Waals surface area contributed by atoms with Gasteiger partial charge in [-0.3, -0.25) is 0 Å². The summed E-state index contributed by atoms with van der Waals surface area (Å²) < 4.78 is 4.98. The zero-order valence-corrected chi connectivity index (χ0v) is 28.4. The highest BCUT2D eigenvalue weighted by molar-refractivity contribution is 6.17. The molecule has 2 bridgehead atoms. The molecule has 0 fully saturated rings. The predicted molar refractivity (Wildman–Crippen MR) is 215 cm³/mol. The fourth-order valence-electron chi connectivity index (χ4n) is 9.88. The molecule has 52 heavy (non-hydrogen) atoms. The third-order valence-corrected chi connectivity index (χ3v) is 11.9. The Hall–Kier alpha value is -6.64. The van der Waals surface area contributed by atoms with Crippen LogP contribution in [0.2, 0.25) is 0 Å². The fraction of sp³-hybridized carbons (Fsp3) is 0.0400. The summed E-state index contributed by atoms with van der Waals surface area (Å²) >= 11 is 0. The second-order valence-electron chi connectivity index (χ2n) is 14.4. The van der Waals surface area contributed by atoms with Crippen LogP contribution < -0.4 is 0 Å². The maximum Gasteiger partial charge on any atom is 0.0562 e. The number of hydrogen-bond acceptors (Lipinski definition) is 0. The summed E-state index contributed by atoms with van der Waals surface area (Å²) in [5.41, 5.74) is 18.5. The molecular formula is C50H32N2. The molecule has 3 aliphatic rings. The van der Waals surface area contributed by atoms with Crippen LogP contribution in [0.1, 0.15) is 45.2 Å². The Bertz CT molecular complexity index is 3020. The van der Waals surface area contributed by atoms with Gasteiger partial charge >= 0.3 is 0 Å². The summed E-state index contributed by atoms with van der Waals surface area (Å²) in [5.74, 6) is 0.445. The lowest BCUT2D eigenvalue weighted by molar-refractivity contribution is 0.761. The van der Waals surface area contributed by atoms with E-state index in [2.05, 4.69) is 191 Å². The normalized spacial score (nSPS) is 15.7. The van der Waals surface area contributed by atoms with Crippen molar-refractivity contribution < 1.29 is 0 Å². The van der Waals surface area contributed by atoms with Gasteiger partial charge in [0.25, 0.3) is 0 Å². The molecule has 2 heteroatoms. The highest BCUT2D eigenvalue weighted by Gasteiger charge is 2.42. The maximum absolute atomic E-state index is 2.54. The molecule has 0 saturated carbocycles. The molecule has 0 saturated heterocycles. The van der Waals surface area contributed by atoms with Crippen LogP contribution in [-0.2, 0) is 0 Å². The van der Waals surface area contributed by atoms with Gasteiger partial charge in [0, 0.05) is 39.1 Å². The summed E-state index contributed by atoms with van der Waals surface area (Å²) in [6, 6.07) is 67.6. The lowest BCUT2D eigenvalue weighted by Crippen LogP contribution is -2.27. The average molecular weight is 661 g/mol. The van der Waals surface area contributed by atoms with Gasteiger partial charge in [-0.1, -0.05) is 140 Å². The molecular weight excluding hydrogens is 629 g/mol. The minimum atomic E-state index is 0.201. The zero-order chi connectivity index (χ0) is 33.9. The Kier molecular flexibility index (Phi) is 5.64. The predicted octanol–water partition coefficient (Wildman–Crippen LogP) is 12.5. The quantitative estimate of drug-likeness (QED) is 0.178. The minimum absolute atomic E-state index is 0.201. The molecule has 8 aromatic carbocycles. The molecule has 0 aliphatic heterocycles. The van der Waals surface area contributed by atoms with Crippen molar-refractivity contribution in [3.63, 3.8) is 0 Å². The summed E-state index contributed by atoms with van der Waals surface area (Å²) in [4.78, 5) is 0. The van der Waals surface area contributed by atoms with E-state index in [0.29, 0.717) is 0 Å². The van der Waals surface area contributed by atoms with Crippen LogP contribution in [0.3, 0.4) is 0 Å². The van der Waals surface area contributed by atoms with Crippen LogP contribution in [0.4, 0.5) is 0 Å². The topological polar surface area (TPSA) is 9.86 Å². The second kappa shape index (κ2) is 10.4. The lowest BCUT2D eigenvalue weighted by atomic mass is 9.60. The first-order valence-corrected chi connectivity index (χ1v) is 18.3. The molecule has 0 atom stereocenters. The van der Waals surface area contributed by atoms with Crippen molar-refractivity contribution in [3.8, 4) is 22.5 Å². The molecule has 0 unspecified atom stereocenters. The van der Waals surface area contributed by atoms with Gasteiger partial charge in [0.15, 0.2) is 0 Å². The van der Waals surface area contributed by atoms with Gasteiger partial charge in [0.1, 0.15) is 0 Å². The van der Waals surface area contributed by atoms with E-state index < -0.39 is 0 Å². The van der Waals surface area contributed by atoms with Gasteiger partial charge in [0.05, 0.1) is 27.8 Å².